The normalized spacial score (nSPS) is 22.7. The first-order chi connectivity index (χ1) is 16.6. The van der Waals surface area contributed by atoms with E-state index in [4.69, 9.17) is 9.47 Å². The van der Waals surface area contributed by atoms with E-state index in [9.17, 15) is 8.78 Å². The summed E-state index contributed by atoms with van der Waals surface area (Å²) in [6.07, 6.45) is 14.7. The molecule has 0 aromatic heterocycles. The summed E-state index contributed by atoms with van der Waals surface area (Å²) in [5.41, 5.74) is 3.48. The fourth-order valence-corrected chi connectivity index (χ4v) is 5.60. The summed E-state index contributed by atoms with van der Waals surface area (Å²) in [5, 5.41) is 0. The first-order valence-electron chi connectivity index (χ1n) is 13.1. The van der Waals surface area contributed by atoms with Crippen molar-refractivity contribution in [2.24, 2.45) is 11.8 Å². The Morgan fingerprint density at radius 1 is 0.882 bits per heavy atom. The highest BCUT2D eigenvalue weighted by molar-refractivity contribution is 5.65. The van der Waals surface area contributed by atoms with Crippen LogP contribution in [0.2, 0.25) is 0 Å². The quantitative estimate of drug-likeness (QED) is 0.367. The topological polar surface area (TPSA) is 18.5 Å². The van der Waals surface area contributed by atoms with Gasteiger partial charge in [-0.15, -0.1) is 0 Å². The summed E-state index contributed by atoms with van der Waals surface area (Å²) in [5.74, 6) is -0.176. The maximum atomic E-state index is 14.5. The van der Waals surface area contributed by atoms with E-state index in [2.05, 4.69) is 6.92 Å². The van der Waals surface area contributed by atoms with Gasteiger partial charge in [0.2, 0.25) is 5.82 Å². The number of allylic oxidation sites excluding steroid dienone is 1. The van der Waals surface area contributed by atoms with Crippen molar-refractivity contribution in [1.82, 2.24) is 0 Å². The van der Waals surface area contributed by atoms with Gasteiger partial charge in [-0.1, -0.05) is 56.9 Å². The number of ether oxygens (including phenoxy) is 2. The van der Waals surface area contributed by atoms with Crippen LogP contribution in [0, 0.1) is 23.5 Å². The molecule has 4 heteroatoms. The van der Waals surface area contributed by atoms with Gasteiger partial charge in [0, 0.05) is 5.56 Å². The van der Waals surface area contributed by atoms with Gasteiger partial charge in [0.15, 0.2) is 11.6 Å². The Hall–Kier alpha value is -2.36. The van der Waals surface area contributed by atoms with Crippen LogP contribution in [0.25, 0.3) is 11.1 Å². The molecule has 1 atom stereocenters. The van der Waals surface area contributed by atoms with Gasteiger partial charge < -0.3 is 9.47 Å². The molecule has 1 heterocycles. The van der Waals surface area contributed by atoms with Crippen molar-refractivity contribution in [3.05, 3.63) is 65.4 Å². The fraction of sp³-hybridized carbons (Fsp3) is 0.533. The minimum absolute atomic E-state index is 0.0465. The molecule has 0 spiro atoms. The van der Waals surface area contributed by atoms with Crippen LogP contribution in [-0.2, 0) is 11.2 Å². The lowest BCUT2D eigenvalue weighted by Gasteiger charge is -2.35. The van der Waals surface area contributed by atoms with Gasteiger partial charge in [-0.25, -0.2) is 4.39 Å². The lowest BCUT2D eigenvalue weighted by Crippen LogP contribution is -2.29. The molecule has 2 aromatic rings. The second-order valence-electron chi connectivity index (χ2n) is 9.93. The van der Waals surface area contributed by atoms with Crippen LogP contribution in [0.4, 0.5) is 8.78 Å². The number of rotatable bonds is 9. The van der Waals surface area contributed by atoms with Crippen molar-refractivity contribution in [3.8, 4) is 16.9 Å². The Morgan fingerprint density at radius 3 is 2.29 bits per heavy atom. The smallest absolute Gasteiger partial charge is 0.201 e. The lowest BCUT2D eigenvalue weighted by atomic mass is 9.76. The highest BCUT2D eigenvalue weighted by Gasteiger charge is 2.29. The number of hydrogen-bond acceptors (Lipinski definition) is 2. The van der Waals surface area contributed by atoms with Crippen LogP contribution in [0.1, 0.15) is 77.2 Å². The maximum absolute atomic E-state index is 14.5. The van der Waals surface area contributed by atoms with Crippen molar-refractivity contribution in [1.29, 1.82) is 0 Å². The third-order valence-corrected chi connectivity index (χ3v) is 7.62. The van der Waals surface area contributed by atoms with Crippen molar-refractivity contribution in [2.75, 3.05) is 6.61 Å². The van der Waals surface area contributed by atoms with E-state index < -0.39 is 11.6 Å². The van der Waals surface area contributed by atoms with Crippen molar-refractivity contribution >= 4 is 0 Å². The Kier molecular flexibility index (Phi) is 8.64. The van der Waals surface area contributed by atoms with Crippen LogP contribution in [0.15, 0.2) is 48.2 Å². The van der Waals surface area contributed by atoms with Crippen LogP contribution in [-0.4, -0.2) is 12.7 Å². The Bertz CT molecular complexity index is 959. The highest BCUT2D eigenvalue weighted by Crippen LogP contribution is 2.37. The summed E-state index contributed by atoms with van der Waals surface area (Å²) in [4.78, 5) is 0. The SMILES string of the molecule is CCCC1CCC(C2CCC(CCc3ccc(-c4ccc(OCC)c(F)c4F)cc3)=CO2)CC1. The highest BCUT2D eigenvalue weighted by atomic mass is 19.2. The molecule has 1 aliphatic carbocycles. The predicted molar refractivity (Wildman–Crippen MR) is 134 cm³/mol. The van der Waals surface area contributed by atoms with E-state index in [-0.39, 0.29) is 11.3 Å². The standard InChI is InChI=1S/C30H38F2O2/c1-3-5-21-10-15-25(16-11-21)27-18-12-23(20-34-27)7-6-22-8-13-24(14-9-22)26-17-19-28(33-4-2)30(32)29(26)31/h8-9,13-14,17,19-21,25,27H,3-7,10-12,15-16,18H2,1-2H3. The van der Waals surface area contributed by atoms with Gasteiger partial charge in [0.1, 0.15) is 6.10 Å². The van der Waals surface area contributed by atoms with E-state index in [1.807, 2.05) is 30.5 Å². The average Bonchev–Trinajstić information content (AvgIpc) is 2.87. The zero-order chi connectivity index (χ0) is 23.9. The first kappa shape index (κ1) is 24.8. The molecule has 0 saturated heterocycles. The fourth-order valence-electron chi connectivity index (χ4n) is 5.60. The van der Waals surface area contributed by atoms with Gasteiger partial charge in [-0.05, 0) is 86.1 Å². The molecule has 2 aliphatic rings. The molecule has 1 aliphatic heterocycles. The summed E-state index contributed by atoms with van der Waals surface area (Å²) >= 11 is 0. The summed E-state index contributed by atoms with van der Waals surface area (Å²) < 4.78 is 40.1. The van der Waals surface area contributed by atoms with Crippen LogP contribution in [0.3, 0.4) is 0 Å². The van der Waals surface area contributed by atoms with Crippen molar-refractivity contribution in [2.45, 2.75) is 84.2 Å². The third kappa shape index (κ3) is 6.00. The van der Waals surface area contributed by atoms with E-state index in [0.29, 0.717) is 18.3 Å². The zero-order valence-corrected chi connectivity index (χ0v) is 20.6. The molecule has 184 valence electrons. The average molecular weight is 469 g/mol. The number of benzene rings is 2. The van der Waals surface area contributed by atoms with Gasteiger partial charge in [-0.3, -0.25) is 0 Å². The second kappa shape index (κ2) is 11.9. The molecule has 0 bridgehead atoms. The minimum atomic E-state index is -0.931. The molecule has 1 saturated carbocycles. The predicted octanol–water partition coefficient (Wildman–Crippen LogP) is 8.63. The van der Waals surface area contributed by atoms with Gasteiger partial charge in [-0.2, -0.15) is 4.39 Å². The molecule has 0 amide bonds. The van der Waals surface area contributed by atoms with Gasteiger partial charge >= 0.3 is 0 Å². The van der Waals surface area contributed by atoms with Crippen molar-refractivity contribution in [3.63, 3.8) is 0 Å². The van der Waals surface area contributed by atoms with Gasteiger partial charge in [0.25, 0.3) is 0 Å². The van der Waals surface area contributed by atoms with E-state index >= 15 is 0 Å². The van der Waals surface area contributed by atoms with Gasteiger partial charge in [0.05, 0.1) is 12.9 Å². The Labute approximate surface area is 203 Å². The molecule has 2 nitrogen and oxygen atoms in total. The second-order valence-corrected chi connectivity index (χ2v) is 9.93. The first-order valence-corrected chi connectivity index (χ1v) is 13.1. The van der Waals surface area contributed by atoms with E-state index in [1.165, 1.54) is 55.7 Å². The molecular formula is C30H38F2O2. The van der Waals surface area contributed by atoms with E-state index in [1.54, 1.807) is 13.0 Å². The number of hydrogen-bond donors (Lipinski definition) is 0. The van der Waals surface area contributed by atoms with Crippen LogP contribution in [0.5, 0.6) is 5.75 Å². The molecule has 1 fully saturated rings. The largest absolute Gasteiger partial charge is 0.498 e. The molecule has 34 heavy (non-hydrogen) atoms. The Morgan fingerprint density at radius 2 is 1.65 bits per heavy atom. The monoisotopic (exact) mass is 468 g/mol. The zero-order valence-electron chi connectivity index (χ0n) is 20.6. The lowest BCUT2D eigenvalue weighted by molar-refractivity contribution is 0.0389. The number of halogens is 2. The summed E-state index contributed by atoms with van der Waals surface area (Å²) in [7, 11) is 0. The summed E-state index contributed by atoms with van der Waals surface area (Å²) in [6, 6.07) is 10.8. The van der Waals surface area contributed by atoms with Crippen LogP contribution >= 0.6 is 0 Å². The van der Waals surface area contributed by atoms with Crippen molar-refractivity contribution < 1.29 is 18.3 Å². The minimum Gasteiger partial charge on any atom is -0.498 e. The molecule has 1 unspecified atom stereocenters. The Balaban J connectivity index is 1.28. The van der Waals surface area contributed by atoms with Crippen LogP contribution < -0.4 is 4.74 Å². The van der Waals surface area contributed by atoms with E-state index in [0.717, 1.165) is 37.5 Å². The third-order valence-electron chi connectivity index (χ3n) is 7.62. The molecule has 0 N–H and O–H groups in total. The summed E-state index contributed by atoms with van der Waals surface area (Å²) in [6.45, 7) is 4.34. The molecular weight excluding hydrogens is 430 g/mol. The molecule has 2 aromatic carbocycles. The molecule has 4 rings (SSSR count). The maximum Gasteiger partial charge on any atom is 0.201 e. The number of aryl methyl sites for hydroxylation is 1. The molecule has 0 radical (unpaired) electrons.